The van der Waals surface area contributed by atoms with Crippen molar-refractivity contribution in [3.05, 3.63) is 132 Å². The molecule has 0 bridgehead atoms. The SMILES string of the molecule is CC(C(C/C=C/c1ccc2ccccc2c1)c1ccc(N)cc1)N(Cc1ccc2ccccc2c1)C(=O)CC(CC(=O)O)C(=O)O. The van der Waals surface area contributed by atoms with Crippen LogP contribution in [0.1, 0.15) is 48.8 Å². The van der Waals surface area contributed by atoms with Crippen molar-refractivity contribution in [1.29, 1.82) is 0 Å². The lowest BCUT2D eigenvalue weighted by atomic mass is 9.87. The van der Waals surface area contributed by atoms with E-state index in [4.69, 9.17) is 5.73 Å². The minimum atomic E-state index is -1.33. The molecule has 0 spiro atoms. The van der Waals surface area contributed by atoms with E-state index in [0.29, 0.717) is 12.1 Å². The Labute approximate surface area is 268 Å². The van der Waals surface area contributed by atoms with Gasteiger partial charge in [0.25, 0.3) is 0 Å². The summed E-state index contributed by atoms with van der Waals surface area (Å²) in [5.74, 6) is -4.47. The minimum absolute atomic E-state index is 0.163. The van der Waals surface area contributed by atoms with Crippen LogP contribution in [0.2, 0.25) is 0 Å². The van der Waals surface area contributed by atoms with Crippen LogP contribution in [0.15, 0.2) is 115 Å². The predicted molar refractivity (Wildman–Crippen MR) is 183 cm³/mol. The molecule has 0 fully saturated rings. The maximum atomic E-state index is 14.0. The molecule has 0 saturated heterocycles. The van der Waals surface area contributed by atoms with E-state index in [9.17, 15) is 24.6 Å². The number of nitrogens with zero attached hydrogens (tertiary/aromatic N) is 1. The fourth-order valence-electron chi connectivity index (χ4n) is 6.01. The third kappa shape index (κ3) is 7.99. The Bertz CT molecular complexity index is 1880. The topological polar surface area (TPSA) is 121 Å². The summed E-state index contributed by atoms with van der Waals surface area (Å²) in [4.78, 5) is 39.1. The van der Waals surface area contributed by atoms with Gasteiger partial charge in [-0.05, 0) is 75.8 Å². The highest BCUT2D eigenvalue weighted by atomic mass is 16.4. The van der Waals surface area contributed by atoms with E-state index in [1.807, 2.05) is 85.8 Å². The van der Waals surface area contributed by atoms with Gasteiger partial charge < -0.3 is 20.8 Å². The molecule has 234 valence electrons. The number of benzene rings is 5. The number of amides is 1. The fourth-order valence-corrected chi connectivity index (χ4v) is 6.01. The molecular weight excluding hydrogens is 576 g/mol. The number of nitrogens with two attached hydrogens (primary N) is 1. The van der Waals surface area contributed by atoms with Crippen LogP contribution in [-0.2, 0) is 20.9 Å². The van der Waals surface area contributed by atoms with Gasteiger partial charge >= 0.3 is 11.9 Å². The molecule has 7 heteroatoms. The second-order valence-corrected chi connectivity index (χ2v) is 11.8. The molecule has 1 amide bonds. The Morgan fingerprint density at radius 2 is 1.37 bits per heavy atom. The summed E-state index contributed by atoms with van der Waals surface area (Å²) in [6, 6.07) is 35.7. The van der Waals surface area contributed by atoms with Crippen LogP contribution in [0.25, 0.3) is 27.6 Å². The lowest BCUT2D eigenvalue weighted by Gasteiger charge is -2.36. The summed E-state index contributed by atoms with van der Waals surface area (Å²) in [5, 5.41) is 23.5. The molecule has 3 unspecified atom stereocenters. The van der Waals surface area contributed by atoms with E-state index in [2.05, 4.69) is 42.5 Å². The number of anilines is 1. The number of carboxylic acids is 2. The van der Waals surface area contributed by atoms with Crippen molar-refractivity contribution in [3.8, 4) is 0 Å². The van der Waals surface area contributed by atoms with Crippen LogP contribution >= 0.6 is 0 Å². The lowest BCUT2D eigenvalue weighted by molar-refractivity contribution is -0.151. The summed E-state index contributed by atoms with van der Waals surface area (Å²) in [7, 11) is 0. The molecule has 4 N–H and O–H groups in total. The van der Waals surface area contributed by atoms with Gasteiger partial charge in [0.05, 0.1) is 12.3 Å². The van der Waals surface area contributed by atoms with Crippen LogP contribution in [0.4, 0.5) is 5.69 Å². The van der Waals surface area contributed by atoms with Crippen molar-refractivity contribution in [2.75, 3.05) is 5.73 Å². The first-order chi connectivity index (χ1) is 22.2. The van der Waals surface area contributed by atoms with Crippen LogP contribution in [-0.4, -0.2) is 39.0 Å². The third-order valence-electron chi connectivity index (χ3n) is 8.59. The summed E-state index contributed by atoms with van der Waals surface area (Å²) in [5.41, 5.74) is 9.59. The van der Waals surface area contributed by atoms with E-state index in [1.165, 1.54) is 5.39 Å². The number of nitrogen functional groups attached to an aromatic ring is 1. The normalized spacial score (nSPS) is 13.4. The van der Waals surface area contributed by atoms with Gasteiger partial charge in [0.15, 0.2) is 0 Å². The van der Waals surface area contributed by atoms with Crippen molar-refractivity contribution in [3.63, 3.8) is 0 Å². The zero-order valence-electron chi connectivity index (χ0n) is 25.8. The van der Waals surface area contributed by atoms with Crippen LogP contribution in [0.5, 0.6) is 0 Å². The first kappa shape index (κ1) is 32.0. The number of carboxylic acid groups (broad SMARTS) is 2. The van der Waals surface area contributed by atoms with Crippen molar-refractivity contribution >= 4 is 51.2 Å². The molecule has 0 saturated carbocycles. The largest absolute Gasteiger partial charge is 0.481 e. The number of aliphatic carboxylic acids is 2. The number of hydrogen-bond donors (Lipinski definition) is 3. The van der Waals surface area contributed by atoms with E-state index in [0.717, 1.165) is 32.8 Å². The number of rotatable bonds is 13. The number of allylic oxidation sites excluding steroid dienone is 1. The molecule has 5 aromatic rings. The van der Waals surface area contributed by atoms with Gasteiger partial charge in [0, 0.05) is 30.6 Å². The van der Waals surface area contributed by atoms with Gasteiger partial charge in [-0.2, -0.15) is 0 Å². The first-order valence-corrected chi connectivity index (χ1v) is 15.4. The molecule has 0 heterocycles. The van der Waals surface area contributed by atoms with Crippen molar-refractivity contribution < 1.29 is 24.6 Å². The molecular formula is C39H38N2O5. The molecule has 7 nitrogen and oxygen atoms in total. The molecule has 0 aliphatic carbocycles. The highest BCUT2D eigenvalue weighted by Gasteiger charge is 2.32. The van der Waals surface area contributed by atoms with Gasteiger partial charge in [-0.1, -0.05) is 97.1 Å². The number of fused-ring (bicyclic) bond motifs is 2. The van der Waals surface area contributed by atoms with Crippen molar-refractivity contribution in [2.24, 2.45) is 5.92 Å². The average molecular weight is 615 g/mol. The molecule has 5 rings (SSSR count). The lowest BCUT2D eigenvalue weighted by Crippen LogP contribution is -2.43. The number of carbonyl (C=O) groups is 3. The zero-order valence-corrected chi connectivity index (χ0v) is 25.8. The van der Waals surface area contributed by atoms with E-state index in [1.54, 1.807) is 4.90 Å². The summed E-state index contributed by atoms with van der Waals surface area (Å²) >= 11 is 0. The fraction of sp³-hybridized carbons (Fsp3) is 0.205. The molecule has 0 radical (unpaired) electrons. The van der Waals surface area contributed by atoms with E-state index < -0.39 is 36.6 Å². The molecule has 46 heavy (non-hydrogen) atoms. The zero-order chi connectivity index (χ0) is 32.6. The Morgan fingerprint density at radius 3 is 2.00 bits per heavy atom. The van der Waals surface area contributed by atoms with Gasteiger partial charge in [-0.15, -0.1) is 0 Å². The molecule has 3 atom stereocenters. The Balaban J connectivity index is 1.48. The van der Waals surface area contributed by atoms with E-state index in [-0.39, 0.29) is 18.5 Å². The highest BCUT2D eigenvalue weighted by Crippen LogP contribution is 2.31. The molecule has 0 aliphatic rings. The van der Waals surface area contributed by atoms with Crippen LogP contribution in [0.3, 0.4) is 0 Å². The second kappa shape index (κ2) is 14.6. The minimum Gasteiger partial charge on any atom is -0.481 e. The first-order valence-electron chi connectivity index (χ1n) is 15.4. The number of hydrogen-bond acceptors (Lipinski definition) is 4. The monoisotopic (exact) mass is 614 g/mol. The summed E-state index contributed by atoms with van der Waals surface area (Å²) < 4.78 is 0. The predicted octanol–water partition coefficient (Wildman–Crippen LogP) is 7.75. The smallest absolute Gasteiger partial charge is 0.307 e. The number of carbonyl (C=O) groups excluding carboxylic acids is 1. The van der Waals surface area contributed by atoms with Crippen LogP contribution < -0.4 is 5.73 Å². The summed E-state index contributed by atoms with van der Waals surface area (Å²) in [6.07, 6.45) is 3.73. The molecule has 0 aromatic heterocycles. The second-order valence-electron chi connectivity index (χ2n) is 11.8. The van der Waals surface area contributed by atoms with Gasteiger partial charge in [0.1, 0.15) is 0 Å². The Morgan fingerprint density at radius 1 is 0.761 bits per heavy atom. The quantitative estimate of drug-likeness (QED) is 0.117. The maximum absolute atomic E-state index is 14.0. The standard InChI is InChI=1S/C39H38N2O5/c1-26(36(31-17-19-35(40)20-18-31)12-6-7-27-13-15-29-8-2-4-10-32(29)21-27)41(37(42)23-34(39(45)46)24-38(43)44)25-28-14-16-30-9-3-5-11-33(30)22-28/h2-11,13-22,26,34,36H,12,23-25,40H2,1H3,(H,43,44)(H,45,46)/b7-6+. The Kier molecular flexibility index (Phi) is 10.1. The Hall–Kier alpha value is -5.43. The molecule has 5 aromatic carbocycles. The molecule has 0 aliphatic heterocycles. The van der Waals surface area contributed by atoms with Crippen LogP contribution in [0, 0.1) is 5.92 Å². The average Bonchev–Trinajstić information content (AvgIpc) is 3.05. The maximum Gasteiger partial charge on any atom is 0.307 e. The van der Waals surface area contributed by atoms with Crippen molar-refractivity contribution in [2.45, 2.75) is 44.7 Å². The van der Waals surface area contributed by atoms with Gasteiger partial charge in [-0.3, -0.25) is 14.4 Å². The highest BCUT2D eigenvalue weighted by molar-refractivity contribution is 5.86. The van der Waals surface area contributed by atoms with E-state index >= 15 is 0 Å². The third-order valence-corrected chi connectivity index (χ3v) is 8.59. The van der Waals surface area contributed by atoms with Gasteiger partial charge in [-0.25, -0.2) is 0 Å². The summed E-state index contributed by atoms with van der Waals surface area (Å²) in [6.45, 7) is 2.21. The van der Waals surface area contributed by atoms with Gasteiger partial charge in [0.2, 0.25) is 5.91 Å². The van der Waals surface area contributed by atoms with Crippen molar-refractivity contribution in [1.82, 2.24) is 4.90 Å².